The Balaban J connectivity index is 2.42. The van der Waals surface area contributed by atoms with Crippen LogP contribution in [0.5, 0.6) is 0 Å². The molecule has 0 bridgehead atoms. The number of hydrogen-bond donors (Lipinski definition) is 1. The van der Waals surface area contributed by atoms with Crippen molar-refractivity contribution in [2.24, 2.45) is 11.3 Å². The highest BCUT2D eigenvalue weighted by Gasteiger charge is 2.34. The summed E-state index contributed by atoms with van der Waals surface area (Å²) in [6, 6.07) is 0.271. The standard InChI is InChI=1S/C14H27NO2/c1-10-9-11(7-8-14(10,5)6)15-12(16)17-13(2,3)4/h10-11H,7-9H2,1-6H3,(H,15,16)/t10-,11?/m1/s1. The van der Waals surface area contributed by atoms with E-state index in [-0.39, 0.29) is 12.1 Å². The fourth-order valence-corrected chi connectivity index (χ4v) is 2.26. The van der Waals surface area contributed by atoms with Crippen molar-refractivity contribution in [3.63, 3.8) is 0 Å². The molecule has 1 aliphatic carbocycles. The average Bonchev–Trinajstić information content (AvgIpc) is 2.08. The number of rotatable bonds is 1. The van der Waals surface area contributed by atoms with Crippen molar-refractivity contribution in [1.82, 2.24) is 5.32 Å². The van der Waals surface area contributed by atoms with Gasteiger partial charge in [0.15, 0.2) is 0 Å². The van der Waals surface area contributed by atoms with Crippen LogP contribution < -0.4 is 5.32 Å². The second kappa shape index (κ2) is 4.87. The summed E-state index contributed by atoms with van der Waals surface area (Å²) in [6.45, 7) is 12.5. The molecule has 1 unspecified atom stereocenters. The lowest BCUT2D eigenvalue weighted by molar-refractivity contribution is 0.0443. The van der Waals surface area contributed by atoms with Gasteiger partial charge in [-0.1, -0.05) is 20.8 Å². The van der Waals surface area contributed by atoms with E-state index in [1.54, 1.807) is 0 Å². The van der Waals surface area contributed by atoms with Gasteiger partial charge in [-0.05, 0) is 51.4 Å². The van der Waals surface area contributed by atoms with Gasteiger partial charge in [-0.25, -0.2) is 4.79 Å². The van der Waals surface area contributed by atoms with Gasteiger partial charge in [-0.3, -0.25) is 0 Å². The van der Waals surface area contributed by atoms with Gasteiger partial charge < -0.3 is 10.1 Å². The molecule has 0 heterocycles. The first-order chi connectivity index (χ1) is 7.60. The summed E-state index contributed by atoms with van der Waals surface area (Å²) in [6.07, 6.45) is 2.98. The van der Waals surface area contributed by atoms with Crippen LogP contribution in [-0.2, 0) is 4.74 Å². The van der Waals surface area contributed by atoms with Crippen LogP contribution in [0.15, 0.2) is 0 Å². The van der Waals surface area contributed by atoms with Gasteiger partial charge in [0.1, 0.15) is 5.60 Å². The van der Waals surface area contributed by atoms with Crippen LogP contribution in [0.3, 0.4) is 0 Å². The largest absolute Gasteiger partial charge is 0.444 e. The maximum atomic E-state index is 11.7. The van der Waals surface area contributed by atoms with Crippen LogP contribution in [0.25, 0.3) is 0 Å². The monoisotopic (exact) mass is 241 g/mol. The predicted octanol–water partition coefficient (Wildman–Crippen LogP) is 3.73. The van der Waals surface area contributed by atoms with Gasteiger partial charge in [0.2, 0.25) is 0 Å². The van der Waals surface area contributed by atoms with Crippen molar-refractivity contribution < 1.29 is 9.53 Å². The molecule has 100 valence electrons. The smallest absolute Gasteiger partial charge is 0.407 e. The number of carbonyl (C=O) groups excluding carboxylic acids is 1. The minimum Gasteiger partial charge on any atom is -0.444 e. The lowest BCUT2D eigenvalue weighted by Gasteiger charge is -2.40. The Bertz CT molecular complexity index is 278. The van der Waals surface area contributed by atoms with Crippen molar-refractivity contribution in [1.29, 1.82) is 0 Å². The molecule has 2 atom stereocenters. The van der Waals surface area contributed by atoms with Gasteiger partial charge in [0.25, 0.3) is 0 Å². The Morgan fingerprint density at radius 1 is 1.35 bits per heavy atom. The van der Waals surface area contributed by atoms with Gasteiger partial charge in [0.05, 0.1) is 0 Å². The van der Waals surface area contributed by atoms with E-state index in [2.05, 4.69) is 26.1 Å². The first-order valence-corrected chi connectivity index (χ1v) is 6.60. The molecule has 1 rings (SSSR count). The van der Waals surface area contributed by atoms with E-state index < -0.39 is 5.60 Å². The lowest BCUT2D eigenvalue weighted by atomic mass is 9.68. The third-order valence-electron chi connectivity index (χ3n) is 3.83. The maximum Gasteiger partial charge on any atom is 0.407 e. The summed E-state index contributed by atoms with van der Waals surface area (Å²) in [5.74, 6) is 0.635. The van der Waals surface area contributed by atoms with Crippen LogP contribution in [-0.4, -0.2) is 17.7 Å². The molecule has 0 aliphatic heterocycles. The Morgan fingerprint density at radius 2 is 1.94 bits per heavy atom. The lowest BCUT2D eigenvalue weighted by Crippen LogP contribution is -2.44. The zero-order valence-corrected chi connectivity index (χ0v) is 12.1. The molecule has 1 aliphatic rings. The molecule has 3 nitrogen and oxygen atoms in total. The van der Waals surface area contributed by atoms with Crippen molar-refractivity contribution in [3.05, 3.63) is 0 Å². The van der Waals surface area contributed by atoms with E-state index in [1.165, 1.54) is 0 Å². The van der Waals surface area contributed by atoms with Gasteiger partial charge in [0, 0.05) is 6.04 Å². The summed E-state index contributed by atoms with van der Waals surface area (Å²) in [5, 5.41) is 2.98. The minimum absolute atomic E-state index is 0.271. The Morgan fingerprint density at radius 3 is 2.41 bits per heavy atom. The second-order valence-electron chi connectivity index (χ2n) is 7.01. The minimum atomic E-state index is -0.413. The first-order valence-electron chi connectivity index (χ1n) is 6.60. The number of hydrogen-bond acceptors (Lipinski definition) is 2. The van der Waals surface area contributed by atoms with E-state index in [9.17, 15) is 4.79 Å². The van der Waals surface area contributed by atoms with Crippen LogP contribution in [0.2, 0.25) is 0 Å². The fourth-order valence-electron chi connectivity index (χ4n) is 2.26. The number of carbonyl (C=O) groups is 1. The predicted molar refractivity (Wildman–Crippen MR) is 70.0 cm³/mol. The van der Waals surface area contributed by atoms with Gasteiger partial charge in [-0.2, -0.15) is 0 Å². The van der Waals surface area contributed by atoms with Crippen LogP contribution in [0, 0.1) is 11.3 Å². The number of nitrogens with one attached hydrogen (secondary N) is 1. The normalized spacial score (nSPS) is 28.6. The van der Waals surface area contributed by atoms with Crippen molar-refractivity contribution in [3.8, 4) is 0 Å². The zero-order chi connectivity index (χ0) is 13.3. The van der Waals surface area contributed by atoms with Crippen molar-refractivity contribution in [2.45, 2.75) is 72.4 Å². The van der Waals surface area contributed by atoms with Gasteiger partial charge >= 0.3 is 6.09 Å². The molecular weight excluding hydrogens is 214 g/mol. The van der Waals surface area contributed by atoms with E-state index in [1.807, 2.05) is 20.8 Å². The molecule has 0 aromatic rings. The number of ether oxygens (including phenoxy) is 1. The molecule has 17 heavy (non-hydrogen) atoms. The van der Waals surface area contributed by atoms with Crippen molar-refractivity contribution in [2.75, 3.05) is 0 Å². The highest BCUT2D eigenvalue weighted by atomic mass is 16.6. The zero-order valence-electron chi connectivity index (χ0n) is 12.1. The molecule has 3 heteroatoms. The third kappa shape index (κ3) is 4.57. The number of amides is 1. The maximum absolute atomic E-state index is 11.7. The fraction of sp³-hybridized carbons (Fsp3) is 0.929. The van der Waals surface area contributed by atoms with E-state index in [0.29, 0.717) is 11.3 Å². The number of alkyl carbamates (subject to hydrolysis) is 1. The Hall–Kier alpha value is -0.730. The third-order valence-corrected chi connectivity index (χ3v) is 3.83. The summed E-state index contributed by atoms with van der Waals surface area (Å²) in [7, 11) is 0. The molecule has 1 N–H and O–H groups in total. The molecule has 0 spiro atoms. The van der Waals surface area contributed by atoms with E-state index in [4.69, 9.17) is 4.74 Å². The summed E-state index contributed by atoms with van der Waals surface area (Å²) < 4.78 is 5.28. The molecule has 1 fully saturated rings. The summed E-state index contributed by atoms with van der Waals surface area (Å²) in [4.78, 5) is 11.7. The average molecular weight is 241 g/mol. The highest BCUT2D eigenvalue weighted by molar-refractivity contribution is 5.68. The molecule has 1 amide bonds. The molecule has 0 aromatic carbocycles. The quantitative estimate of drug-likeness (QED) is 0.759. The van der Waals surface area contributed by atoms with Crippen LogP contribution in [0.1, 0.15) is 60.8 Å². The molecule has 0 radical (unpaired) electrons. The Kier molecular flexibility index (Phi) is 4.11. The Labute approximate surface area is 105 Å². The second-order valence-corrected chi connectivity index (χ2v) is 7.01. The van der Waals surface area contributed by atoms with Crippen molar-refractivity contribution >= 4 is 6.09 Å². The first kappa shape index (κ1) is 14.3. The van der Waals surface area contributed by atoms with Crippen LogP contribution in [0.4, 0.5) is 4.79 Å². The molecule has 0 aromatic heterocycles. The highest BCUT2D eigenvalue weighted by Crippen LogP contribution is 2.40. The van der Waals surface area contributed by atoms with E-state index >= 15 is 0 Å². The van der Waals surface area contributed by atoms with Crippen LogP contribution >= 0.6 is 0 Å². The molecular formula is C14H27NO2. The molecule has 0 saturated heterocycles. The summed E-state index contributed by atoms with van der Waals surface area (Å²) >= 11 is 0. The topological polar surface area (TPSA) is 38.3 Å². The van der Waals surface area contributed by atoms with Gasteiger partial charge in [-0.15, -0.1) is 0 Å². The SMILES string of the molecule is C[C@@H]1CC(NC(=O)OC(C)(C)C)CCC1(C)C. The summed E-state index contributed by atoms with van der Waals surface area (Å²) in [5.41, 5.74) is -0.0181. The molecule has 1 saturated carbocycles. The van der Waals surface area contributed by atoms with E-state index in [0.717, 1.165) is 19.3 Å².